The Morgan fingerprint density at radius 2 is 1.24 bits per heavy atom. The maximum absolute atomic E-state index is 11.5. The molecular formula is C34H54O12. The summed E-state index contributed by atoms with van der Waals surface area (Å²) in [5, 5.41) is 26.8. The molecule has 3 N–H and O–H groups in total. The predicted molar refractivity (Wildman–Crippen MR) is 172 cm³/mol. The Labute approximate surface area is 273 Å². The van der Waals surface area contributed by atoms with Crippen molar-refractivity contribution in [2.75, 3.05) is 26.4 Å². The number of aliphatic carboxylic acids is 1. The molecule has 0 saturated heterocycles. The molecule has 0 aliphatic heterocycles. The Morgan fingerprint density at radius 3 is 1.63 bits per heavy atom. The van der Waals surface area contributed by atoms with Crippen LogP contribution in [0.2, 0.25) is 0 Å². The van der Waals surface area contributed by atoms with Gasteiger partial charge in [0.1, 0.15) is 37.9 Å². The first-order valence-electron chi connectivity index (χ1n) is 15.3. The van der Waals surface area contributed by atoms with Gasteiger partial charge in [0.25, 0.3) is 0 Å². The van der Waals surface area contributed by atoms with Crippen LogP contribution in [0.4, 0.5) is 0 Å². The Morgan fingerprint density at radius 1 is 0.783 bits per heavy atom. The van der Waals surface area contributed by atoms with E-state index in [1.54, 1.807) is 32.9 Å². The number of carbonyl (C=O) groups excluding carboxylic acids is 4. The Bertz CT molecular complexity index is 1140. The van der Waals surface area contributed by atoms with E-state index in [2.05, 4.69) is 13.5 Å². The molecule has 0 amide bonds. The van der Waals surface area contributed by atoms with Gasteiger partial charge in [-0.05, 0) is 71.4 Å². The van der Waals surface area contributed by atoms with Gasteiger partial charge >= 0.3 is 29.8 Å². The van der Waals surface area contributed by atoms with E-state index in [9.17, 15) is 29.1 Å². The molecule has 0 spiro atoms. The smallest absolute Gasteiger partial charge is 0.333 e. The number of ether oxygens (including phenoxy) is 4. The molecule has 1 unspecified atom stereocenters. The molecule has 12 heteroatoms. The van der Waals surface area contributed by atoms with Gasteiger partial charge in [0.05, 0.1) is 23.7 Å². The van der Waals surface area contributed by atoms with Crippen molar-refractivity contribution in [1.29, 1.82) is 0 Å². The van der Waals surface area contributed by atoms with E-state index in [1.165, 1.54) is 6.07 Å². The van der Waals surface area contributed by atoms with Crippen LogP contribution < -0.4 is 0 Å². The van der Waals surface area contributed by atoms with Gasteiger partial charge in [0, 0.05) is 11.6 Å². The number of phenolic OH excluding ortho intramolecular Hbond substituents is 2. The molecule has 0 aliphatic carbocycles. The third-order valence-electron chi connectivity index (χ3n) is 7.05. The van der Waals surface area contributed by atoms with Crippen LogP contribution in [0.1, 0.15) is 106 Å². The lowest BCUT2D eigenvalue weighted by atomic mass is 9.91. The number of carboxylic acids is 1. The normalized spacial score (nSPS) is 11.3. The largest absolute Gasteiger partial charge is 0.508 e. The molecule has 46 heavy (non-hydrogen) atoms. The number of rotatable bonds is 16. The lowest BCUT2D eigenvalue weighted by molar-refractivity contribution is -0.159. The van der Waals surface area contributed by atoms with Crippen molar-refractivity contribution in [2.45, 2.75) is 100 Å². The predicted octanol–water partition coefficient (Wildman–Crippen LogP) is 6.07. The van der Waals surface area contributed by atoms with Crippen molar-refractivity contribution in [3.05, 3.63) is 35.9 Å². The zero-order valence-corrected chi connectivity index (χ0v) is 28.9. The molecule has 0 saturated carbocycles. The first-order valence-corrected chi connectivity index (χ1v) is 15.3. The van der Waals surface area contributed by atoms with Crippen LogP contribution >= 0.6 is 0 Å². The molecule has 12 nitrogen and oxygen atoms in total. The first-order chi connectivity index (χ1) is 21.2. The fourth-order valence-corrected chi connectivity index (χ4v) is 2.81. The van der Waals surface area contributed by atoms with E-state index < -0.39 is 28.7 Å². The molecule has 1 atom stereocenters. The molecule has 0 radical (unpaired) electrons. The van der Waals surface area contributed by atoms with Crippen LogP contribution in [-0.2, 0) is 42.9 Å². The van der Waals surface area contributed by atoms with Gasteiger partial charge in [-0.2, -0.15) is 0 Å². The van der Waals surface area contributed by atoms with Gasteiger partial charge in [-0.3, -0.25) is 19.2 Å². The summed E-state index contributed by atoms with van der Waals surface area (Å²) in [6.45, 7) is 20.2. The van der Waals surface area contributed by atoms with E-state index in [0.717, 1.165) is 12.0 Å². The second-order valence-electron chi connectivity index (χ2n) is 11.8. The van der Waals surface area contributed by atoms with Gasteiger partial charge in [-0.1, -0.05) is 40.3 Å². The average molecular weight is 655 g/mol. The summed E-state index contributed by atoms with van der Waals surface area (Å²) in [6, 6.07) is 4.74. The van der Waals surface area contributed by atoms with E-state index in [4.69, 9.17) is 29.2 Å². The van der Waals surface area contributed by atoms with E-state index in [1.807, 2.05) is 34.6 Å². The summed E-state index contributed by atoms with van der Waals surface area (Å²) in [4.78, 5) is 55.2. The van der Waals surface area contributed by atoms with E-state index >= 15 is 0 Å². The lowest BCUT2D eigenvalue weighted by Crippen LogP contribution is -2.27. The maximum atomic E-state index is 11.5. The lowest BCUT2D eigenvalue weighted by Gasteiger charge is -2.20. The average Bonchev–Trinajstić information content (AvgIpc) is 3.00. The molecule has 0 fully saturated rings. The molecule has 1 rings (SSSR count). The zero-order valence-electron chi connectivity index (χ0n) is 28.9. The standard InChI is InChI=1S/C12H20O6.C12H20O4.C10H14O2/c1-4-12(2,3)11(16)18-8-7-17-10(15)6-5-9(13)14;1-6-12(4,5)11(14)16-8-7-15-10(13)9(2)3;1-3-7(2)9-5-4-8(11)6-10(9)12/h4-8H2,1-3H3,(H,13,14);2,6-8H2,1,3-5H3;4-7,11-12H,3H2,1-2H3. The van der Waals surface area contributed by atoms with Crippen LogP contribution in [0, 0.1) is 10.8 Å². The second kappa shape index (κ2) is 22.4. The van der Waals surface area contributed by atoms with Crippen molar-refractivity contribution in [3.63, 3.8) is 0 Å². The highest BCUT2D eigenvalue weighted by molar-refractivity contribution is 5.86. The third kappa shape index (κ3) is 19.3. The fourth-order valence-electron chi connectivity index (χ4n) is 2.81. The second-order valence-corrected chi connectivity index (χ2v) is 11.8. The summed E-state index contributed by atoms with van der Waals surface area (Å²) < 4.78 is 19.4. The first kappa shape index (κ1) is 44.0. The fraction of sp³-hybridized carbons (Fsp3) is 0.618. The van der Waals surface area contributed by atoms with Crippen LogP contribution in [0.25, 0.3) is 0 Å². The van der Waals surface area contributed by atoms with Gasteiger partial charge < -0.3 is 34.3 Å². The minimum absolute atomic E-state index is 0.0128. The summed E-state index contributed by atoms with van der Waals surface area (Å²) in [5.74, 6) is -2.11. The number of hydrogen-bond donors (Lipinski definition) is 3. The molecule has 1 aromatic rings. The van der Waals surface area contributed by atoms with Crippen molar-refractivity contribution in [2.24, 2.45) is 10.8 Å². The van der Waals surface area contributed by atoms with Crippen LogP contribution in [0.5, 0.6) is 11.5 Å². The highest BCUT2D eigenvalue weighted by Crippen LogP contribution is 2.30. The van der Waals surface area contributed by atoms with Gasteiger partial charge in [-0.15, -0.1) is 0 Å². The van der Waals surface area contributed by atoms with Gasteiger partial charge in [-0.25, -0.2) is 4.79 Å². The van der Waals surface area contributed by atoms with Crippen LogP contribution in [0.15, 0.2) is 30.4 Å². The minimum Gasteiger partial charge on any atom is -0.508 e. The number of benzene rings is 1. The molecule has 262 valence electrons. The van der Waals surface area contributed by atoms with Crippen molar-refractivity contribution in [1.82, 2.24) is 0 Å². The highest BCUT2D eigenvalue weighted by Gasteiger charge is 2.27. The van der Waals surface area contributed by atoms with Crippen molar-refractivity contribution >= 4 is 29.8 Å². The highest BCUT2D eigenvalue weighted by atomic mass is 16.6. The number of hydrogen-bond acceptors (Lipinski definition) is 11. The topological polar surface area (TPSA) is 183 Å². The number of phenols is 2. The third-order valence-corrected chi connectivity index (χ3v) is 7.05. The summed E-state index contributed by atoms with van der Waals surface area (Å²) in [6.07, 6.45) is 1.91. The minimum atomic E-state index is -1.05. The summed E-state index contributed by atoms with van der Waals surface area (Å²) in [7, 11) is 0. The Kier molecular flexibility index (Phi) is 21.5. The van der Waals surface area contributed by atoms with Crippen LogP contribution in [0.3, 0.4) is 0 Å². The van der Waals surface area contributed by atoms with Gasteiger partial charge in [0.2, 0.25) is 0 Å². The molecule has 0 aliphatic rings. The monoisotopic (exact) mass is 654 g/mol. The summed E-state index contributed by atoms with van der Waals surface area (Å²) in [5.41, 5.74) is 0.196. The molecule has 1 aromatic carbocycles. The van der Waals surface area contributed by atoms with Crippen molar-refractivity contribution in [3.8, 4) is 11.5 Å². The Balaban J connectivity index is 0. The molecule has 0 heterocycles. The molecule has 0 bridgehead atoms. The molecule has 0 aromatic heterocycles. The number of esters is 4. The SMILES string of the molecule is C=C(C)C(=O)OCCOC(=O)C(C)(C)CC.CCC(C)(C)C(=O)OCCOC(=O)CCC(=O)O.CCC(C)c1ccc(O)cc1O. The zero-order chi connectivity index (χ0) is 36.1. The van der Waals surface area contributed by atoms with Crippen LogP contribution in [-0.4, -0.2) is 71.6 Å². The number of aromatic hydroxyl groups is 2. The maximum Gasteiger partial charge on any atom is 0.333 e. The Hall–Kier alpha value is -4.09. The quantitative estimate of drug-likeness (QED) is 0.0810. The molecular weight excluding hydrogens is 600 g/mol. The number of carboxylic acid groups (broad SMARTS) is 1. The van der Waals surface area contributed by atoms with Gasteiger partial charge in [0.15, 0.2) is 0 Å². The van der Waals surface area contributed by atoms with Crippen molar-refractivity contribution < 1.29 is 58.2 Å². The summed E-state index contributed by atoms with van der Waals surface area (Å²) >= 11 is 0. The van der Waals surface area contributed by atoms with E-state index in [0.29, 0.717) is 24.3 Å². The van der Waals surface area contributed by atoms with E-state index in [-0.39, 0.29) is 62.7 Å². The number of carbonyl (C=O) groups is 5.